The monoisotopic (exact) mass is 246 g/mol. The summed E-state index contributed by atoms with van der Waals surface area (Å²) in [7, 11) is 0. The molecule has 6 nitrogen and oxygen atoms in total. The van der Waals surface area contributed by atoms with E-state index in [0.717, 1.165) is 5.82 Å². The molecule has 0 saturated heterocycles. The second kappa shape index (κ2) is 4.80. The third-order valence-corrected chi connectivity index (χ3v) is 3.57. The molecule has 6 heteroatoms. The molecule has 1 aliphatic carbocycles. The summed E-state index contributed by atoms with van der Waals surface area (Å²) in [5, 5.41) is 12.4. The summed E-state index contributed by atoms with van der Waals surface area (Å²) in [5.74, 6) is 0.963. The first-order valence-electron chi connectivity index (χ1n) is 6.49. The van der Waals surface area contributed by atoms with Gasteiger partial charge in [-0.2, -0.15) is 5.10 Å². The van der Waals surface area contributed by atoms with E-state index in [2.05, 4.69) is 19.9 Å². The molecule has 0 radical (unpaired) electrons. The second-order valence-corrected chi connectivity index (χ2v) is 4.92. The van der Waals surface area contributed by atoms with E-state index in [1.807, 2.05) is 12.5 Å². The van der Waals surface area contributed by atoms with Crippen LogP contribution >= 0.6 is 0 Å². The van der Waals surface area contributed by atoms with Crippen LogP contribution < -0.4 is 5.73 Å². The van der Waals surface area contributed by atoms with Crippen LogP contribution in [0.3, 0.4) is 0 Å². The third kappa shape index (κ3) is 2.23. The van der Waals surface area contributed by atoms with Crippen LogP contribution in [0.2, 0.25) is 0 Å². The molecule has 0 atom stereocenters. The summed E-state index contributed by atoms with van der Waals surface area (Å²) in [6.07, 6.45) is 11.7. The van der Waals surface area contributed by atoms with Crippen molar-refractivity contribution in [1.29, 1.82) is 0 Å². The van der Waals surface area contributed by atoms with Gasteiger partial charge in [0.15, 0.2) is 5.82 Å². The van der Waals surface area contributed by atoms with Gasteiger partial charge in [0.25, 0.3) is 0 Å². The van der Waals surface area contributed by atoms with Gasteiger partial charge in [-0.15, -0.1) is 10.2 Å². The van der Waals surface area contributed by atoms with Crippen molar-refractivity contribution >= 4 is 5.69 Å². The molecule has 96 valence electrons. The van der Waals surface area contributed by atoms with Gasteiger partial charge in [-0.25, -0.2) is 0 Å². The van der Waals surface area contributed by atoms with Gasteiger partial charge in [-0.3, -0.25) is 4.68 Å². The second-order valence-electron chi connectivity index (χ2n) is 4.92. The summed E-state index contributed by atoms with van der Waals surface area (Å²) in [6, 6.07) is 0.552. The normalized spacial score (nSPS) is 17.1. The quantitative estimate of drug-likeness (QED) is 0.892. The number of hydrogen-bond donors (Lipinski definition) is 1. The Labute approximate surface area is 106 Å². The van der Waals surface area contributed by atoms with Gasteiger partial charge in [0.05, 0.1) is 11.9 Å². The van der Waals surface area contributed by atoms with Crippen molar-refractivity contribution in [2.24, 2.45) is 0 Å². The fourth-order valence-corrected chi connectivity index (χ4v) is 2.65. The molecule has 0 spiro atoms. The standard InChI is InChI=1S/C12H18N6/c13-10-6-15-17(7-10)8-12-16-14-9-18(12)11-4-2-1-3-5-11/h6-7,9,11H,1-5,8,13H2. The third-order valence-electron chi connectivity index (χ3n) is 3.57. The maximum Gasteiger partial charge on any atom is 0.154 e. The lowest BCUT2D eigenvalue weighted by Crippen LogP contribution is -2.16. The molecule has 0 amide bonds. The highest BCUT2D eigenvalue weighted by Crippen LogP contribution is 2.28. The topological polar surface area (TPSA) is 74.6 Å². The molecule has 2 aromatic rings. The van der Waals surface area contributed by atoms with Crippen molar-refractivity contribution < 1.29 is 0 Å². The van der Waals surface area contributed by atoms with Gasteiger partial charge >= 0.3 is 0 Å². The molecule has 0 aliphatic heterocycles. The lowest BCUT2D eigenvalue weighted by atomic mass is 9.95. The van der Waals surface area contributed by atoms with E-state index in [1.165, 1.54) is 32.1 Å². The molecule has 2 N–H and O–H groups in total. The van der Waals surface area contributed by atoms with Crippen molar-refractivity contribution in [2.45, 2.75) is 44.7 Å². The van der Waals surface area contributed by atoms with Crippen LogP contribution in [0.4, 0.5) is 5.69 Å². The molecule has 1 saturated carbocycles. The Bertz CT molecular complexity index is 508. The number of rotatable bonds is 3. The highest BCUT2D eigenvalue weighted by molar-refractivity contribution is 5.30. The number of hydrogen-bond acceptors (Lipinski definition) is 4. The molecule has 2 heterocycles. The Morgan fingerprint density at radius 3 is 2.83 bits per heavy atom. The van der Waals surface area contributed by atoms with Crippen LogP contribution in [0.1, 0.15) is 44.0 Å². The average molecular weight is 246 g/mol. The first kappa shape index (κ1) is 11.3. The summed E-state index contributed by atoms with van der Waals surface area (Å²) < 4.78 is 4.01. The minimum absolute atomic E-state index is 0.552. The Balaban J connectivity index is 1.78. The van der Waals surface area contributed by atoms with Crippen LogP contribution in [0.25, 0.3) is 0 Å². The molecule has 0 aromatic carbocycles. The highest BCUT2D eigenvalue weighted by Gasteiger charge is 2.18. The van der Waals surface area contributed by atoms with Gasteiger partial charge in [0.2, 0.25) is 0 Å². The SMILES string of the molecule is Nc1cnn(Cc2nncn2C2CCCCC2)c1. The number of nitrogens with two attached hydrogens (primary N) is 1. The molecule has 0 bridgehead atoms. The number of anilines is 1. The predicted octanol–water partition coefficient (Wildman–Crippen LogP) is 1.61. The fourth-order valence-electron chi connectivity index (χ4n) is 2.65. The Kier molecular flexibility index (Phi) is 3.00. The van der Waals surface area contributed by atoms with E-state index in [1.54, 1.807) is 10.9 Å². The summed E-state index contributed by atoms with van der Waals surface area (Å²) in [4.78, 5) is 0. The van der Waals surface area contributed by atoms with Crippen molar-refractivity contribution in [1.82, 2.24) is 24.5 Å². The molecule has 3 rings (SSSR count). The van der Waals surface area contributed by atoms with Gasteiger partial charge in [0, 0.05) is 12.2 Å². The lowest BCUT2D eigenvalue weighted by molar-refractivity contribution is 0.342. The first-order chi connectivity index (χ1) is 8.83. The smallest absolute Gasteiger partial charge is 0.154 e. The lowest BCUT2D eigenvalue weighted by Gasteiger charge is -2.23. The zero-order chi connectivity index (χ0) is 12.4. The average Bonchev–Trinajstić information content (AvgIpc) is 3.00. The van der Waals surface area contributed by atoms with Crippen molar-refractivity contribution in [3.8, 4) is 0 Å². The minimum atomic E-state index is 0.552. The zero-order valence-corrected chi connectivity index (χ0v) is 10.4. The molecule has 1 aliphatic rings. The van der Waals surface area contributed by atoms with Gasteiger partial charge in [0.1, 0.15) is 12.9 Å². The maximum absolute atomic E-state index is 5.66. The molecule has 1 fully saturated rings. The zero-order valence-electron chi connectivity index (χ0n) is 10.4. The van der Waals surface area contributed by atoms with Crippen LogP contribution in [0, 0.1) is 0 Å². The van der Waals surface area contributed by atoms with Gasteiger partial charge < -0.3 is 10.3 Å². The van der Waals surface area contributed by atoms with Gasteiger partial charge in [-0.1, -0.05) is 19.3 Å². The van der Waals surface area contributed by atoms with Crippen molar-refractivity contribution in [2.75, 3.05) is 5.73 Å². The highest BCUT2D eigenvalue weighted by atomic mass is 15.3. The van der Waals surface area contributed by atoms with Crippen molar-refractivity contribution in [3.05, 3.63) is 24.5 Å². The summed E-state index contributed by atoms with van der Waals surface area (Å²) in [6.45, 7) is 0.633. The van der Waals surface area contributed by atoms with E-state index in [9.17, 15) is 0 Å². The Morgan fingerprint density at radius 2 is 2.11 bits per heavy atom. The summed E-state index contributed by atoms with van der Waals surface area (Å²) >= 11 is 0. The van der Waals surface area contributed by atoms with Crippen LogP contribution in [-0.4, -0.2) is 24.5 Å². The Hall–Kier alpha value is -1.85. The molecule has 0 unspecified atom stereocenters. The largest absolute Gasteiger partial charge is 0.396 e. The van der Waals surface area contributed by atoms with E-state index in [-0.39, 0.29) is 0 Å². The van der Waals surface area contributed by atoms with E-state index >= 15 is 0 Å². The van der Waals surface area contributed by atoms with Crippen LogP contribution in [0.15, 0.2) is 18.7 Å². The van der Waals surface area contributed by atoms with E-state index in [0.29, 0.717) is 18.3 Å². The molecular formula is C12H18N6. The minimum Gasteiger partial charge on any atom is -0.396 e. The van der Waals surface area contributed by atoms with Crippen molar-refractivity contribution in [3.63, 3.8) is 0 Å². The number of nitrogens with zero attached hydrogens (tertiary/aromatic N) is 5. The first-order valence-corrected chi connectivity index (χ1v) is 6.49. The van der Waals surface area contributed by atoms with Gasteiger partial charge in [-0.05, 0) is 12.8 Å². The van der Waals surface area contributed by atoms with E-state index in [4.69, 9.17) is 5.73 Å². The maximum atomic E-state index is 5.66. The molecule has 2 aromatic heterocycles. The molecular weight excluding hydrogens is 228 g/mol. The van der Waals surface area contributed by atoms with Crippen LogP contribution in [0.5, 0.6) is 0 Å². The number of nitrogen functional groups attached to an aromatic ring is 1. The predicted molar refractivity (Wildman–Crippen MR) is 67.9 cm³/mol. The number of aromatic nitrogens is 5. The fraction of sp³-hybridized carbons (Fsp3) is 0.583. The van der Waals surface area contributed by atoms with Crippen LogP contribution in [-0.2, 0) is 6.54 Å². The molecule has 18 heavy (non-hydrogen) atoms. The summed E-state index contributed by atoms with van der Waals surface area (Å²) in [5.41, 5.74) is 6.34. The van der Waals surface area contributed by atoms with E-state index < -0.39 is 0 Å². The Morgan fingerprint density at radius 1 is 1.28 bits per heavy atom.